The predicted molar refractivity (Wildman–Crippen MR) is 90.6 cm³/mol. The summed E-state index contributed by atoms with van der Waals surface area (Å²) >= 11 is 0. The van der Waals surface area contributed by atoms with Crippen LogP contribution in [0.1, 0.15) is 62.4 Å². The number of nitrogens with one attached hydrogen (secondary N) is 1. The highest BCUT2D eigenvalue weighted by molar-refractivity contribution is 5.92. The van der Waals surface area contributed by atoms with Crippen molar-refractivity contribution in [1.82, 2.24) is 10.3 Å². The first kappa shape index (κ1) is 16.2. The number of carbonyl (C=O) groups excluding carboxylic acids is 1. The van der Waals surface area contributed by atoms with Gasteiger partial charge in [-0.05, 0) is 64.0 Å². The fourth-order valence-corrected chi connectivity index (χ4v) is 3.49. The molecular weight excluding hydrogens is 290 g/mol. The van der Waals surface area contributed by atoms with Crippen LogP contribution < -0.4 is 10.2 Å². The normalized spacial score (nSPS) is 28.4. The third-order valence-corrected chi connectivity index (χ3v) is 5.05. The molecule has 2 fully saturated rings. The summed E-state index contributed by atoms with van der Waals surface area (Å²) in [5, 5.41) is 13.1. The van der Waals surface area contributed by atoms with Crippen molar-refractivity contribution in [2.24, 2.45) is 0 Å². The minimum Gasteiger partial charge on any atom is -0.390 e. The summed E-state index contributed by atoms with van der Waals surface area (Å²) in [4.78, 5) is 19.3. The maximum Gasteiger partial charge on any atom is 0.270 e. The van der Waals surface area contributed by atoms with E-state index in [-0.39, 0.29) is 11.9 Å². The van der Waals surface area contributed by atoms with Gasteiger partial charge in [0.05, 0.1) is 5.60 Å². The molecule has 2 aliphatic rings. The Kier molecular flexibility index (Phi) is 4.85. The fourth-order valence-electron chi connectivity index (χ4n) is 3.49. The van der Waals surface area contributed by atoms with Crippen LogP contribution in [0.4, 0.5) is 5.82 Å². The zero-order valence-electron chi connectivity index (χ0n) is 13.9. The molecule has 2 N–H and O–H groups in total. The Morgan fingerprint density at radius 1 is 1.26 bits per heavy atom. The van der Waals surface area contributed by atoms with Gasteiger partial charge >= 0.3 is 0 Å². The minimum absolute atomic E-state index is 0.101. The number of hydrogen-bond donors (Lipinski definition) is 2. The van der Waals surface area contributed by atoms with Gasteiger partial charge in [0.25, 0.3) is 5.91 Å². The van der Waals surface area contributed by atoms with Crippen molar-refractivity contribution in [3.05, 3.63) is 23.9 Å². The van der Waals surface area contributed by atoms with Gasteiger partial charge < -0.3 is 15.3 Å². The Morgan fingerprint density at radius 2 is 1.96 bits per heavy atom. The highest BCUT2D eigenvalue weighted by Gasteiger charge is 2.29. The third kappa shape index (κ3) is 4.22. The highest BCUT2D eigenvalue weighted by Crippen LogP contribution is 2.27. The lowest BCUT2D eigenvalue weighted by Gasteiger charge is -2.33. The van der Waals surface area contributed by atoms with Gasteiger partial charge in [0.2, 0.25) is 0 Å². The van der Waals surface area contributed by atoms with E-state index in [4.69, 9.17) is 0 Å². The topological polar surface area (TPSA) is 65.5 Å². The number of nitrogens with zero attached hydrogens (tertiary/aromatic N) is 2. The van der Waals surface area contributed by atoms with E-state index in [1.165, 1.54) is 19.3 Å². The van der Waals surface area contributed by atoms with Crippen LogP contribution in [-0.4, -0.2) is 40.7 Å². The molecule has 1 aliphatic carbocycles. The Morgan fingerprint density at radius 3 is 2.65 bits per heavy atom. The van der Waals surface area contributed by atoms with Gasteiger partial charge in [0.1, 0.15) is 11.5 Å². The summed E-state index contributed by atoms with van der Waals surface area (Å²) in [7, 11) is 0. The Hall–Kier alpha value is -1.62. The van der Waals surface area contributed by atoms with Crippen molar-refractivity contribution >= 4 is 11.7 Å². The van der Waals surface area contributed by atoms with Gasteiger partial charge in [0.15, 0.2) is 0 Å². The van der Waals surface area contributed by atoms with Crippen molar-refractivity contribution in [1.29, 1.82) is 0 Å². The standard InChI is InChI=1S/C18H27N3O2/c1-18(23)10-8-14(9-11-18)19-17(22)15-6-5-7-16(20-15)21-12-3-2-4-13-21/h5-7,14,23H,2-4,8-13H2,1H3,(H,19,22)/t14-,18+. The quantitative estimate of drug-likeness (QED) is 0.899. The lowest BCUT2D eigenvalue weighted by Crippen LogP contribution is -2.42. The second-order valence-electron chi connectivity index (χ2n) is 7.17. The highest BCUT2D eigenvalue weighted by atomic mass is 16.3. The lowest BCUT2D eigenvalue weighted by molar-refractivity contribution is 0.0140. The number of pyridine rings is 1. The average molecular weight is 317 g/mol. The summed E-state index contributed by atoms with van der Waals surface area (Å²) < 4.78 is 0. The molecular formula is C18H27N3O2. The maximum atomic E-state index is 12.5. The van der Waals surface area contributed by atoms with Gasteiger partial charge in [-0.1, -0.05) is 6.07 Å². The summed E-state index contributed by atoms with van der Waals surface area (Å²) in [6.45, 7) is 3.92. The SMILES string of the molecule is C[C@]1(O)CC[C@@H](NC(=O)c2cccc(N3CCCCC3)n2)CC1. The largest absolute Gasteiger partial charge is 0.390 e. The lowest BCUT2D eigenvalue weighted by atomic mass is 9.83. The van der Waals surface area contributed by atoms with Gasteiger partial charge in [-0.15, -0.1) is 0 Å². The molecule has 0 bridgehead atoms. The van der Waals surface area contributed by atoms with Crippen LogP contribution in [0.2, 0.25) is 0 Å². The van der Waals surface area contributed by atoms with Crippen molar-refractivity contribution < 1.29 is 9.90 Å². The molecule has 0 atom stereocenters. The summed E-state index contributed by atoms with van der Waals surface area (Å²) in [5.74, 6) is 0.805. The average Bonchev–Trinajstić information content (AvgIpc) is 2.58. The molecule has 3 rings (SSSR count). The van der Waals surface area contributed by atoms with Crippen LogP contribution in [0.25, 0.3) is 0 Å². The molecule has 2 heterocycles. The second kappa shape index (κ2) is 6.87. The van der Waals surface area contributed by atoms with E-state index in [1.54, 1.807) is 6.07 Å². The van der Waals surface area contributed by atoms with Crippen LogP contribution in [0, 0.1) is 0 Å². The predicted octanol–water partition coefficient (Wildman–Crippen LogP) is 2.50. The minimum atomic E-state index is -0.576. The Labute approximate surface area is 138 Å². The molecule has 23 heavy (non-hydrogen) atoms. The maximum absolute atomic E-state index is 12.5. The molecule has 5 nitrogen and oxygen atoms in total. The number of rotatable bonds is 3. The van der Waals surface area contributed by atoms with Gasteiger partial charge in [-0.3, -0.25) is 4.79 Å². The molecule has 0 aromatic carbocycles. The van der Waals surface area contributed by atoms with E-state index in [0.717, 1.165) is 44.6 Å². The van der Waals surface area contributed by atoms with Crippen molar-refractivity contribution in [3.63, 3.8) is 0 Å². The monoisotopic (exact) mass is 317 g/mol. The van der Waals surface area contributed by atoms with E-state index >= 15 is 0 Å². The first-order chi connectivity index (χ1) is 11.0. The number of hydrogen-bond acceptors (Lipinski definition) is 4. The van der Waals surface area contributed by atoms with Crippen molar-refractivity contribution in [2.75, 3.05) is 18.0 Å². The van der Waals surface area contributed by atoms with Crippen molar-refractivity contribution in [2.45, 2.75) is 63.5 Å². The number of carbonyl (C=O) groups is 1. The van der Waals surface area contributed by atoms with Gasteiger partial charge in [0, 0.05) is 19.1 Å². The molecule has 1 aromatic rings. The fraction of sp³-hybridized carbons (Fsp3) is 0.667. The molecule has 126 valence electrons. The smallest absolute Gasteiger partial charge is 0.270 e. The second-order valence-corrected chi connectivity index (χ2v) is 7.17. The van der Waals surface area contributed by atoms with E-state index in [1.807, 2.05) is 19.1 Å². The van der Waals surface area contributed by atoms with E-state index < -0.39 is 5.60 Å². The number of anilines is 1. The Bertz CT molecular complexity index is 543. The summed E-state index contributed by atoms with van der Waals surface area (Å²) in [5.41, 5.74) is -0.0846. The van der Waals surface area contributed by atoms with Crippen LogP contribution in [-0.2, 0) is 0 Å². The van der Waals surface area contributed by atoms with Crippen LogP contribution in [0.3, 0.4) is 0 Å². The molecule has 1 saturated heterocycles. The molecule has 1 aromatic heterocycles. The van der Waals surface area contributed by atoms with E-state index in [2.05, 4.69) is 15.2 Å². The zero-order valence-corrected chi connectivity index (χ0v) is 13.9. The first-order valence-corrected chi connectivity index (χ1v) is 8.79. The number of piperidine rings is 1. The molecule has 1 aliphatic heterocycles. The number of aromatic nitrogens is 1. The number of aliphatic hydroxyl groups is 1. The molecule has 5 heteroatoms. The van der Waals surface area contributed by atoms with E-state index in [9.17, 15) is 9.90 Å². The number of amides is 1. The van der Waals surface area contributed by atoms with Crippen LogP contribution >= 0.6 is 0 Å². The Balaban J connectivity index is 1.61. The van der Waals surface area contributed by atoms with Crippen LogP contribution in [0.15, 0.2) is 18.2 Å². The summed E-state index contributed by atoms with van der Waals surface area (Å²) in [6.07, 6.45) is 6.79. The molecule has 1 amide bonds. The third-order valence-electron chi connectivity index (χ3n) is 5.05. The molecule has 0 radical (unpaired) electrons. The molecule has 0 unspecified atom stereocenters. The van der Waals surface area contributed by atoms with Gasteiger partial charge in [-0.2, -0.15) is 0 Å². The van der Waals surface area contributed by atoms with Crippen molar-refractivity contribution in [3.8, 4) is 0 Å². The molecule has 1 saturated carbocycles. The van der Waals surface area contributed by atoms with Crippen LogP contribution in [0.5, 0.6) is 0 Å². The first-order valence-electron chi connectivity index (χ1n) is 8.79. The zero-order chi connectivity index (χ0) is 16.3. The molecule has 0 spiro atoms. The van der Waals surface area contributed by atoms with E-state index in [0.29, 0.717) is 5.69 Å². The van der Waals surface area contributed by atoms with Gasteiger partial charge in [-0.25, -0.2) is 4.98 Å². The summed E-state index contributed by atoms with van der Waals surface area (Å²) in [6, 6.07) is 5.82.